The molecule has 0 saturated heterocycles. The monoisotopic (exact) mass is 201 g/mol. The first kappa shape index (κ1) is 10.2. The first-order chi connectivity index (χ1) is 6.12. The van der Waals surface area contributed by atoms with Crippen LogP contribution in [0.5, 0.6) is 0 Å². The van der Waals surface area contributed by atoms with Crippen molar-refractivity contribution in [3.63, 3.8) is 0 Å². The molecule has 0 N–H and O–H groups in total. The smallest absolute Gasteiger partial charge is 0.315 e. The summed E-state index contributed by atoms with van der Waals surface area (Å²) in [4.78, 5) is 10.7. The summed E-state index contributed by atoms with van der Waals surface area (Å²) in [6.07, 6.45) is 4.27. The third-order valence-corrected chi connectivity index (χ3v) is 3.58. The summed E-state index contributed by atoms with van der Waals surface area (Å²) < 4.78 is 21.4. The average molecular weight is 201 g/mol. The number of esters is 1. The summed E-state index contributed by atoms with van der Waals surface area (Å²) in [5.41, 5.74) is 0.0971. The van der Waals surface area contributed by atoms with Crippen molar-refractivity contribution in [3.05, 3.63) is 30.4 Å². The van der Waals surface area contributed by atoms with Crippen LogP contribution in [0.15, 0.2) is 24.2 Å². The zero-order valence-electron chi connectivity index (χ0n) is 7.23. The standard InChI is InChI=1S/C8H10O4P/c1-3-6-13(10,11-2)8-5-4-7(9)12-8/h3,5-6H,1,4H2,2H3. The summed E-state index contributed by atoms with van der Waals surface area (Å²) in [5, 5.41) is 0. The highest BCUT2D eigenvalue weighted by atomic mass is 31.2. The van der Waals surface area contributed by atoms with E-state index in [-0.39, 0.29) is 11.9 Å². The average Bonchev–Trinajstić information content (AvgIpc) is 2.52. The van der Waals surface area contributed by atoms with Gasteiger partial charge in [-0.3, -0.25) is 9.36 Å². The first-order valence-electron chi connectivity index (χ1n) is 3.66. The minimum absolute atomic E-state index is 0.0971. The molecule has 1 atom stereocenters. The van der Waals surface area contributed by atoms with E-state index in [1.54, 1.807) is 0 Å². The molecular formula is C8H10O4P. The molecule has 1 rings (SSSR count). The highest BCUT2D eigenvalue weighted by Gasteiger charge is 2.33. The van der Waals surface area contributed by atoms with Crippen molar-refractivity contribution in [3.8, 4) is 0 Å². The molecule has 1 aliphatic rings. The van der Waals surface area contributed by atoms with Crippen molar-refractivity contribution in [2.75, 3.05) is 7.11 Å². The Morgan fingerprint density at radius 1 is 1.77 bits per heavy atom. The Hall–Kier alpha value is -0.860. The number of carbonyl (C=O) groups is 1. The molecule has 0 fully saturated rings. The van der Waals surface area contributed by atoms with Gasteiger partial charge in [0.1, 0.15) is 0 Å². The SMILES string of the molecule is C=C[CH]P(=O)(OC)C1=CCC(=O)O1. The summed E-state index contributed by atoms with van der Waals surface area (Å²) >= 11 is 0. The summed E-state index contributed by atoms with van der Waals surface area (Å²) in [5.74, 6) is -0.412. The van der Waals surface area contributed by atoms with Crippen molar-refractivity contribution in [1.82, 2.24) is 0 Å². The highest BCUT2D eigenvalue weighted by molar-refractivity contribution is 7.65. The van der Waals surface area contributed by atoms with Gasteiger partial charge in [0.25, 0.3) is 7.37 Å². The van der Waals surface area contributed by atoms with E-state index in [1.165, 1.54) is 25.4 Å². The molecule has 0 spiro atoms. The fourth-order valence-corrected chi connectivity index (χ4v) is 2.23. The van der Waals surface area contributed by atoms with E-state index >= 15 is 0 Å². The van der Waals surface area contributed by atoms with Crippen molar-refractivity contribution < 1.29 is 18.6 Å². The maximum atomic E-state index is 11.8. The van der Waals surface area contributed by atoms with Crippen molar-refractivity contribution >= 4 is 13.3 Å². The second kappa shape index (κ2) is 3.90. The lowest BCUT2D eigenvalue weighted by Gasteiger charge is -2.13. The van der Waals surface area contributed by atoms with Gasteiger partial charge >= 0.3 is 5.97 Å². The Labute approximate surface area is 76.7 Å². The molecule has 1 unspecified atom stereocenters. The maximum Gasteiger partial charge on any atom is 0.315 e. The number of cyclic esters (lactones) is 1. The van der Waals surface area contributed by atoms with Crippen molar-refractivity contribution in [2.24, 2.45) is 0 Å². The predicted octanol–water partition coefficient (Wildman–Crippen LogP) is 2.05. The van der Waals surface area contributed by atoms with Crippen LogP contribution in [0.25, 0.3) is 0 Å². The van der Waals surface area contributed by atoms with Crippen LogP contribution in [0.1, 0.15) is 6.42 Å². The van der Waals surface area contributed by atoms with E-state index in [9.17, 15) is 9.36 Å². The molecule has 4 nitrogen and oxygen atoms in total. The Morgan fingerprint density at radius 2 is 2.46 bits per heavy atom. The van der Waals surface area contributed by atoms with Crippen LogP contribution in [0.3, 0.4) is 0 Å². The number of hydrogen-bond donors (Lipinski definition) is 0. The topological polar surface area (TPSA) is 52.6 Å². The molecule has 71 valence electrons. The van der Waals surface area contributed by atoms with E-state index in [4.69, 9.17) is 9.26 Å². The van der Waals surface area contributed by atoms with Crippen LogP contribution in [-0.2, 0) is 18.6 Å². The second-order valence-electron chi connectivity index (χ2n) is 2.38. The van der Waals surface area contributed by atoms with E-state index in [0.717, 1.165) is 0 Å². The van der Waals surface area contributed by atoms with Crippen LogP contribution in [0.2, 0.25) is 0 Å². The number of hydrogen-bond acceptors (Lipinski definition) is 4. The number of carbonyl (C=O) groups excluding carboxylic acids is 1. The fourth-order valence-electron chi connectivity index (χ4n) is 0.925. The van der Waals surface area contributed by atoms with Gasteiger partial charge in [-0.25, -0.2) is 0 Å². The molecule has 0 aromatic heterocycles. The predicted molar refractivity (Wildman–Crippen MR) is 47.9 cm³/mol. The van der Waals surface area contributed by atoms with Gasteiger partial charge in [0.15, 0.2) is 5.50 Å². The van der Waals surface area contributed by atoms with E-state index in [0.29, 0.717) is 0 Å². The molecule has 0 amide bonds. The van der Waals surface area contributed by atoms with Gasteiger partial charge in [-0.05, 0) is 6.08 Å². The number of ether oxygens (including phenoxy) is 1. The molecular weight excluding hydrogens is 191 g/mol. The first-order valence-corrected chi connectivity index (χ1v) is 5.35. The molecule has 5 heteroatoms. The van der Waals surface area contributed by atoms with Crippen LogP contribution in [0.4, 0.5) is 0 Å². The van der Waals surface area contributed by atoms with Gasteiger partial charge in [-0.2, -0.15) is 0 Å². The normalized spacial score (nSPS) is 20.4. The third kappa shape index (κ3) is 2.08. The third-order valence-electron chi connectivity index (χ3n) is 1.54. The maximum absolute atomic E-state index is 11.8. The lowest BCUT2D eigenvalue weighted by molar-refractivity contribution is -0.135. The summed E-state index contributed by atoms with van der Waals surface area (Å²) in [6.45, 7) is 3.41. The molecule has 0 aromatic carbocycles. The molecule has 1 heterocycles. The molecule has 0 bridgehead atoms. The zero-order chi connectivity index (χ0) is 9.90. The quantitative estimate of drug-likeness (QED) is 0.516. The van der Waals surface area contributed by atoms with Crippen LogP contribution in [-0.4, -0.2) is 13.1 Å². The molecule has 0 saturated carbocycles. The molecule has 0 aromatic rings. The van der Waals surface area contributed by atoms with Gasteiger partial charge in [0.2, 0.25) is 0 Å². The summed E-state index contributed by atoms with van der Waals surface area (Å²) in [6, 6.07) is 0. The largest absolute Gasteiger partial charge is 0.420 e. The van der Waals surface area contributed by atoms with Gasteiger partial charge in [0.05, 0.1) is 12.6 Å². The lowest BCUT2D eigenvalue weighted by Crippen LogP contribution is -1.96. The highest BCUT2D eigenvalue weighted by Crippen LogP contribution is 2.58. The Balaban J connectivity index is 2.83. The minimum Gasteiger partial charge on any atom is -0.420 e. The minimum atomic E-state index is -3.11. The van der Waals surface area contributed by atoms with Gasteiger partial charge in [0, 0.05) is 7.11 Å². The zero-order valence-corrected chi connectivity index (χ0v) is 8.12. The lowest BCUT2D eigenvalue weighted by atomic mass is 10.5. The molecule has 1 aliphatic heterocycles. The van der Waals surface area contributed by atoms with E-state index in [1.807, 2.05) is 0 Å². The van der Waals surface area contributed by atoms with E-state index in [2.05, 4.69) is 6.58 Å². The Morgan fingerprint density at radius 3 is 2.85 bits per heavy atom. The van der Waals surface area contributed by atoms with Crippen molar-refractivity contribution in [2.45, 2.75) is 6.42 Å². The van der Waals surface area contributed by atoms with Crippen LogP contribution < -0.4 is 0 Å². The fraction of sp³-hybridized carbons (Fsp3) is 0.250. The molecule has 1 radical (unpaired) electrons. The second-order valence-corrected chi connectivity index (χ2v) is 4.68. The van der Waals surface area contributed by atoms with Gasteiger partial charge in [-0.1, -0.05) is 6.08 Å². The van der Waals surface area contributed by atoms with Gasteiger partial charge < -0.3 is 9.26 Å². The molecule has 13 heavy (non-hydrogen) atoms. The number of allylic oxidation sites excluding steroid dienone is 1. The van der Waals surface area contributed by atoms with E-state index < -0.39 is 13.3 Å². The molecule has 0 aliphatic carbocycles. The summed E-state index contributed by atoms with van der Waals surface area (Å²) in [7, 11) is -1.81. The Kier molecular flexibility index (Phi) is 3.07. The van der Waals surface area contributed by atoms with Crippen LogP contribution >= 0.6 is 7.37 Å². The van der Waals surface area contributed by atoms with Crippen molar-refractivity contribution in [1.29, 1.82) is 0 Å². The van der Waals surface area contributed by atoms with Crippen LogP contribution in [0, 0.1) is 6.16 Å². The Bertz CT molecular complexity index is 305. The van der Waals surface area contributed by atoms with Gasteiger partial charge in [-0.15, -0.1) is 6.58 Å². The number of rotatable bonds is 4.